The van der Waals surface area contributed by atoms with Gasteiger partial charge >= 0.3 is 161 Å². The van der Waals surface area contributed by atoms with Crippen LogP contribution in [-0.2, 0) is 24.1 Å². The molecule has 27 heavy (non-hydrogen) atoms. The number of amides is 1. The summed E-state index contributed by atoms with van der Waals surface area (Å²) in [4.78, 5) is 11.9. The number of aromatic nitrogens is 2. The Morgan fingerprint density at radius 3 is 2.22 bits per heavy atom. The van der Waals surface area contributed by atoms with E-state index in [0.29, 0.717) is 20.9 Å². The van der Waals surface area contributed by atoms with E-state index in [1.807, 2.05) is 36.4 Å². The van der Waals surface area contributed by atoms with E-state index in [1.54, 1.807) is 0 Å². The van der Waals surface area contributed by atoms with Gasteiger partial charge < -0.3 is 0 Å². The molecule has 1 N–H and O–H groups in total. The molecule has 3 aromatic rings. The molecule has 0 saturated heterocycles. The van der Waals surface area contributed by atoms with Crippen LogP contribution in [0.2, 0.25) is 0 Å². The number of benzene rings is 2. The van der Waals surface area contributed by atoms with Crippen LogP contribution in [0.3, 0.4) is 0 Å². The van der Waals surface area contributed by atoms with Crippen molar-refractivity contribution < 1.29 is 4.79 Å². The number of carbonyl (C=O) groups is 1. The van der Waals surface area contributed by atoms with Crippen molar-refractivity contribution in [2.24, 2.45) is 0 Å². The summed E-state index contributed by atoms with van der Waals surface area (Å²) in [6.07, 6.45) is 5.64. The van der Waals surface area contributed by atoms with Crippen LogP contribution in [0.15, 0.2) is 60.7 Å². The summed E-state index contributed by atoms with van der Waals surface area (Å²) in [6, 6.07) is 20.3. The van der Waals surface area contributed by atoms with Crippen molar-refractivity contribution in [3.8, 4) is 0 Å². The summed E-state index contributed by atoms with van der Waals surface area (Å²) in [5, 5.41) is 11.7. The van der Waals surface area contributed by atoms with E-state index in [2.05, 4.69) is 39.8 Å². The van der Waals surface area contributed by atoms with E-state index in [9.17, 15) is 4.79 Å². The van der Waals surface area contributed by atoms with Crippen LogP contribution in [-0.4, -0.2) is 37.2 Å². The fourth-order valence-electron chi connectivity index (χ4n) is 2.88. The van der Waals surface area contributed by atoms with Crippen molar-refractivity contribution in [2.75, 3.05) is 6.54 Å². The normalized spacial score (nSPS) is 10.7. The molecule has 3 rings (SSSR count). The Bertz CT molecular complexity index is 818. The molecule has 0 saturated carbocycles. The zero-order chi connectivity index (χ0) is 18.7. The van der Waals surface area contributed by atoms with Crippen LogP contribution >= 0.6 is 0 Å². The minimum absolute atomic E-state index is 0.101. The van der Waals surface area contributed by atoms with Crippen molar-refractivity contribution in [1.29, 1.82) is 0 Å². The number of carbonyl (C=O) groups excluding carboxylic acids is 1. The van der Waals surface area contributed by atoms with Crippen LogP contribution in [0.25, 0.3) is 0 Å². The Labute approximate surface area is 166 Å². The third-order valence-corrected chi connectivity index (χ3v) is 6.37. The molecule has 0 atom stereocenters. The van der Waals surface area contributed by atoms with Crippen molar-refractivity contribution in [3.05, 3.63) is 80.9 Å². The van der Waals surface area contributed by atoms with E-state index >= 15 is 0 Å². The van der Waals surface area contributed by atoms with Crippen molar-refractivity contribution in [2.45, 2.75) is 38.5 Å². The first kappa shape index (κ1) is 19.5. The van der Waals surface area contributed by atoms with Gasteiger partial charge in [0.25, 0.3) is 0 Å². The SMILES string of the molecule is O=C(Cc1ccccc1)NCCCCCc1nnc(Cc2ccccc2)[se]1. The summed E-state index contributed by atoms with van der Waals surface area (Å²) in [7, 11) is 0. The number of hydrogen-bond donors (Lipinski definition) is 1. The summed E-state index contributed by atoms with van der Waals surface area (Å²) >= 11 is 0.305. The van der Waals surface area contributed by atoms with Crippen molar-refractivity contribution in [3.63, 3.8) is 0 Å². The number of rotatable bonds is 10. The first-order valence-corrected chi connectivity index (χ1v) is 11.2. The van der Waals surface area contributed by atoms with E-state index in [4.69, 9.17) is 0 Å². The molecule has 4 nitrogen and oxygen atoms in total. The quantitative estimate of drug-likeness (QED) is 0.400. The topological polar surface area (TPSA) is 54.9 Å². The van der Waals surface area contributed by atoms with Crippen LogP contribution in [0.5, 0.6) is 0 Å². The van der Waals surface area contributed by atoms with Gasteiger partial charge in [-0.25, -0.2) is 0 Å². The third-order valence-electron chi connectivity index (χ3n) is 4.30. The van der Waals surface area contributed by atoms with E-state index < -0.39 is 0 Å². The molecule has 5 heteroatoms. The molecule has 0 aliphatic carbocycles. The fraction of sp³-hybridized carbons (Fsp3) is 0.318. The number of unbranched alkanes of at least 4 members (excludes halogenated alkanes) is 2. The van der Waals surface area contributed by atoms with Gasteiger partial charge in [0.2, 0.25) is 0 Å². The molecule has 0 fully saturated rings. The number of nitrogens with zero attached hydrogens (tertiary/aromatic N) is 2. The number of aryl methyl sites for hydroxylation is 1. The summed E-state index contributed by atoms with van der Waals surface area (Å²) < 4.78 is 2.47. The molecule has 0 radical (unpaired) electrons. The molecule has 0 bridgehead atoms. The molecule has 140 valence electrons. The van der Waals surface area contributed by atoms with Crippen molar-refractivity contribution >= 4 is 20.4 Å². The second kappa shape index (κ2) is 10.8. The van der Waals surface area contributed by atoms with Crippen LogP contribution in [0.4, 0.5) is 0 Å². The molecule has 1 amide bonds. The second-order valence-electron chi connectivity index (χ2n) is 6.57. The summed E-state index contributed by atoms with van der Waals surface area (Å²) in [5.74, 6) is 0.101. The first-order chi connectivity index (χ1) is 13.3. The van der Waals surface area contributed by atoms with Gasteiger partial charge in [0.1, 0.15) is 0 Å². The zero-order valence-electron chi connectivity index (χ0n) is 15.4. The van der Waals surface area contributed by atoms with Gasteiger partial charge in [-0.2, -0.15) is 0 Å². The summed E-state index contributed by atoms with van der Waals surface area (Å²) in [5.41, 5.74) is 2.36. The average molecular weight is 426 g/mol. The Hall–Kier alpha value is -2.23. The molecule has 1 aromatic heterocycles. The molecule has 0 aliphatic heterocycles. The standard InChI is InChI=1S/C22H25N3OSe/c26-20(16-18-10-4-1-5-11-18)23-15-9-3-8-14-21-24-25-22(27-21)17-19-12-6-2-7-13-19/h1-2,4-7,10-13H,3,8-9,14-17H2,(H,23,26). The third kappa shape index (κ3) is 7.12. The monoisotopic (exact) mass is 427 g/mol. The zero-order valence-corrected chi connectivity index (χ0v) is 17.1. The average Bonchev–Trinajstić information content (AvgIpc) is 3.13. The van der Waals surface area contributed by atoms with Crippen LogP contribution < -0.4 is 5.32 Å². The van der Waals surface area contributed by atoms with Crippen LogP contribution in [0, 0.1) is 0 Å². The van der Waals surface area contributed by atoms with Gasteiger partial charge in [-0.3, -0.25) is 0 Å². The maximum atomic E-state index is 11.9. The van der Waals surface area contributed by atoms with E-state index in [-0.39, 0.29) is 5.91 Å². The Kier molecular flexibility index (Phi) is 7.82. The van der Waals surface area contributed by atoms with Gasteiger partial charge in [0.15, 0.2) is 0 Å². The molecule has 1 heterocycles. The Morgan fingerprint density at radius 1 is 0.815 bits per heavy atom. The van der Waals surface area contributed by atoms with Crippen LogP contribution in [0.1, 0.15) is 39.5 Å². The summed E-state index contributed by atoms with van der Waals surface area (Å²) in [6.45, 7) is 0.749. The van der Waals surface area contributed by atoms with E-state index in [0.717, 1.165) is 44.2 Å². The van der Waals surface area contributed by atoms with E-state index in [1.165, 1.54) is 14.7 Å². The van der Waals surface area contributed by atoms with Gasteiger partial charge in [0.05, 0.1) is 0 Å². The Balaban J connectivity index is 1.28. The first-order valence-electron chi connectivity index (χ1n) is 9.45. The number of hydrogen-bond acceptors (Lipinski definition) is 3. The molecule has 0 unspecified atom stereocenters. The maximum absolute atomic E-state index is 11.9. The number of nitrogens with one attached hydrogen (secondary N) is 1. The predicted octanol–water partition coefficient (Wildman–Crippen LogP) is 3.20. The predicted molar refractivity (Wildman–Crippen MR) is 109 cm³/mol. The minimum atomic E-state index is 0.101. The molecule has 2 aromatic carbocycles. The van der Waals surface area contributed by atoms with Gasteiger partial charge in [-0.1, -0.05) is 6.07 Å². The fourth-order valence-corrected chi connectivity index (χ4v) is 4.81. The van der Waals surface area contributed by atoms with Gasteiger partial charge in [-0.15, -0.1) is 0 Å². The molecule has 0 spiro atoms. The van der Waals surface area contributed by atoms with Crippen molar-refractivity contribution in [1.82, 2.24) is 15.5 Å². The molecular weight excluding hydrogens is 401 g/mol. The molecule has 0 aliphatic rings. The Morgan fingerprint density at radius 2 is 1.48 bits per heavy atom. The second-order valence-corrected chi connectivity index (χ2v) is 8.98. The molecular formula is C22H25N3OSe. The van der Waals surface area contributed by atoms with Gasteiger partial charge in [-0.05, 0) is 0 Å². The van der Waals surface area contributed by atoms with Gasteiger partial charge in [0, 0.05) is 0 Å².